The fraction of sp³-hybridized carbons (Fsp3) is 0.474. The van der Waals surface area contributed by atoms with Crippen molar-refractivity contribution >= 4 is 16.3 Å². The smallest absolute Gasteiger partial charge is 0.0926 e. The number of hydrogen-bond donors (Lipinski definition) is 2. The highest BCUT2D eigenvalue weighted by Crippen LogP contribution is 2.32. The van der Waals surface area contributed by atoms with Crippen LogP contribution in [-0.4, -0.2) is 24.5 Å². The number of nitrogens with one attached hydrogen (secondary N) is 1. The van der Waals surface area contributed by atoms with Crippen LogP contribution >= 0.6 is 11.3 Å². The number of anilines is 1. The zero-order valence-corrected chi connectivity index (χ0v) is 15.2. The molecule has 2 heterocycles. The van der Waals surface area contributed by atoms with E-state index in [1.807, 2.05) is 23.5 Å². The maximum atomic E-state index is 5.50. The molecule has 0 saturated carbocycles. The fourth-order valence-corrected chi connectivity index (χ4v) is 3.76. The number of likely N-dealkylation sites (tertiary alicyclic amines) is 1. The van der Waals surface area contributed by atoms with Gasteiger partial charge in [0.15, 0.2) is 0 Å². The number of rotatable bonds is 7. The Bertz CT molecular complexity index is 563. The number of thiophene rings is 1. The molecule has 1 fully saturated rings. The lowest BCUT2D eigenvalue weighted by atomic mass is 9.93. The molecule has 0 amide bonds. The molecule has 0 aromatic carbocycles. The number of nitrogens with zero attached hydrogens (tertiary/aromatic N) is 1. The molecule has 3 N–H and O–H groups in total. The molecule has 1 saturated heterocycles. The minimum Gasteiger partial charge on any atom is -0.372 e. The summed E-state index contributed by atoms with van der Waals surface area (Å²) in [5.41, 5.74) is 7.70. The van der Waals surface area contributed by atoms with Gasteiger partial charge in [0.1, 0.15) is 0 Å². The Hall–Kier alpha value is -1.52. The second-order valence-electron chi connectivity index (χ2n) is 6.40. The van der Waals surface area contributed by atoms with Crippen molar-refractivity contribution in [2.24, 2.45) is 11.7 Å². The average Bonchev–Trinajstić information content (AvgIpc) is 3.01. The first-order valence-electron chi connectivity index (χ1n) is 8.37. The highest BCUT2D eigenvalue weighted by molar-refractivity contribution is 7.16. The summed E-state index contributed by atoms with van der Waals surface area (Å²) in [4.78, 5) is 3.75. The van der Waals surface area contributed by atoms with E-state index < -0.39 is 0 Å². The average molecular weight is 332 g/mol. The maximum absolute atomic E-state index is 5.50. The molecular formula is C19H29N3S. The second-order valence-corrected chi connectivity index (χ2v) is 7.51. The summed E-state index contributed by atoms with van der Waals surface area (Å²) in [6.07, 6.45) is 6.21. The van der Waals surface area contributed by atoms with Gasteiger partial charge in [-0.3, -0.25) is 0 Å². The summed E-state index contributed by atoms with van der Waals surface area (Å²) in [5.74, 6) is 1.11. The Balaban J connectivity index is 1.83. The molecule has 0 aliphatic carbocycles. The predicted octanol–water partition coefficient (Wildman–Crippen LogP) is 4.54. The van der Waals surface area contributed by atoms with Gasteiger partial charge < -0.3 is 16.0 Å². The summed E-state index contributed by atoms with van der Waals surface area (Å²) in [7, 11) is 0. The minimum atomic E-state index is 0.530. The van der Waals surface area contributed by atoms with E-state index in [1.165, 1.54) is 9.88 Å². The van der Waals surface area contributed by atoms with Gasteiger partial charge in [0.05, 0.1) is 5.00 Å². The molecule has 3 nitrogen and oxygen atoms in total. The monoisotopic (exact) mass is 331 g/mol. The first kappa shape index (κ1) is 17.8. The molecule has 0 bridgehead atoms. The van der Waals surface area contributed by atoms with Crippen LogP contribution in [0, 0.1) is 5.92 Å². The van der Waals surface area contributed by atoms with E-state index in [0.717, 1.165) is 37.3 Å². The Morgan fingerprint density at radius 3 is 2.65 bits per heavy atom. The van der Waals surface area contributed by atoms with Gasteiger partial charge in [-0.15, -0.1) is 11.3 Å². The first-order valence-corrected chi connectivity index (χ1v) is 9.19. The Morgan fingerprint density at radius 2 is 2.09 bits per heavy atom. The van der Waals surface area contributed by atoms with Gasteiger partial charge in [0.2, 0.25) is 0 Å². The number of allylic oxidation sites excluding steroid dienone is 2. The fourth-order valence-electron chi connectivity index (χ4n) is 2.82. The van der Waals surface area contributed by atoms with Crippen molar-refractivity contribution in [2.45, 2.75) is 32.6 Å². The van der Waals surface area contributed by atoms with Gasteiger partial charge in [-0.05, 0) is 37.0 Å². The summed E-state index contributed by atoms with van der Waals surface area (Å²) in [6.45, 7) is 15.5. The van der Waals surface area contributed by atoms with Crippen LogP contribution in [-0.2, 0) is 0 Å². The van der Waals surface area contributed by atoms with Crippen molar-refractivity contribution in [3.8, 4) is 0 Å². The molecule has 4 heteroatoms. The highest BCUT2D eigenvalue weighted by atomic mass is 32.1. The van der Waals surface area contributed by atoms with Crippen LogP contribution in [0.2, 0.25) is 0 Å². The molecule has 0 spiro atoms. The predicted molar refractivity (Wildman–Crippen MR) is 103 cm³/mol. The molecule has 1 aliphatic rings. The highest BCUT2D eigenvalue weighted by Gasteiger charge is 2.21. The topological polar surface area (TPSA) is 41.3 Å². The molecule has 1 aliphatic heterocycles. The molecule has 0 atom stereocenters. The lowest BCUT2D eigenvalue weighted by molar-refractivity contribution is 0.253. The van der Waals surface area contributed by atoms with E-state index in [9.17, 15) is 0 Å². The van der Waals surface area contributed by atoms with Crippen LogP contribution in [0.25, 0.3) is 0 Å². The van der Waals surface area contributed by atoms with Gasteiger partial charge in [0.25, 0.3) is 0 Å². The maximum Gasteiger partial charge on any atom is 0.0926 e. The van der Waals surface area contributed by atoms with Crippen molar-refractivity contribution in [2.75, 3.05) is 25.0 Å². The standard InChI is InChI=1S/C19H29N3S/c1-14(2)18-7-8-19(23-18)21-16(4)17-9-12-22(13-10-17)15(3)6-5-11-20/h5-8,14,17,21H,3-4,9-13,20H2,1-2H3/b6-5+. The molecule has 1 aromatic rings. The third kappa shape index (κ3) is 4.98. The normalized spacial score (nSPS) is 16.3. The van der Waals surface area contributed by atoms with Crippen LogP contribution in [0.5, 0.6) is 0 Å². The Morgan fingerprint density at radius 1 is 1.39 bits per heavy atom. The summed E-state index contributed by atoms with van der Waals surface area (Å²) < 4.78 is 0. The number of nitrogens with two attached hydrogens (primary N) is 1. The minimum absolute atomic E-state index is 0.530. The molecule has 0 radical (unpaired) electrons. The van der Waals surface area contributed by atoms with Gasteiger partial charge >= 0.3 is 0 Å². The van der Waals surface area contributed by atoms with Crippen molar-refractivity contribution in [3.63, 3.8) is 0 Å². The Kier molecular flexibility index (Phi) is 6.48. The molecule has 2 rings (SSSR count). The third-order valence-corrected chi connectivity index (χ3v) is 5.62. The van der Waals surface area contributed by atoms with E-state index in [4.69, 9.17) is 5.73 Å². The third-order valence-electron chi connectivity index (χ3n) is 4.32. The van der Waals surface area contributed by atoms with Crippen LogP contribution in [0.3, 0.4) is 0 Å². The van der Waals surface area contributed by atoms with E-state index in [-0.39, 0.29) is 0 Å². The van der Waals surface area contributed by atoms with Crippen molar-refractivity contribution < 1.29 is 0 Å². The number of hydrogen-bond acceptors (Lipinski definition) is 4. The van der Waals surface area contributed by atoms with Gasteiger partial charge in [-0.25, -0.2) is 0 Å². The summed E-state index contributed by atoms with van der Waals surface area (Å²) in [6, 6.07) is 4.38. The van der Waals surface area contributed by atoms with Gasteiger partial charge in [-0.2, -0.15) is 0 Å². The number of piperidine rings is 1. The van der Waals surface area contributed by atoms with Crippen LogP contribution in [0.4, 0.5) is 5.00 Å². The summed E-state index contributed by atoms with van der Waals surface area (Å²) in [5, 5.41) is 4.72. The van der Waals surface area contributed by atoms with Crippen molar-refractivity contribution in [1.82, 2.24) is 4.90 Å². The van der Waals surface area contributed by atoms with Crippen molar-refractivity contribution in [1.29, 1.82) is 0 Å². The van der Waals surface area contributed by atoms with Crippen LogP contribution in [0.15, 0.2) is 48.8 Å². The van der Waals surface area contributed by atoms with Crippen LogP contribution < -0.4 is 11.1 Å². The lowest BCUT2D eigenvalue weighted by Gasteiger charge is -2.34. The van der Waals surface area contributed by atoms with E-state index >= 15 is 0 Å². The molecule has 0 unspecified atom stereocenters. The summed E-state index contributed by atoms with van der Waals surface area (Å²) >= 11 is 1.83. The van der Waals surface area contributed by atoms with Crippen LogP contribution in [0.1, 0.15) is 37.5 Å². The van der Waals surface area contributed by atoms with Crippen molar-refractivity contribution in [3.05, 3.63) is 53.7 Å². The van der Waals surface area contributed by atoms with E-state index in [2.05, 4.69) is 49.4 Å². The zero-order chi connectivity index (χ0) is 16.8. The molecule has 23 heavy (non-hydrogen) atoms. The Labute approximate surface area is 144 Å². The second kappa shape index (κ2) is 8.37. The first-order chi connectivity index (χ1) is 11.0. The molecule has 1 aromatic heterocycles. The molecular weight excluding hydrogens is 302 g/mol. The van der Waals surface area contributed by atoms with E-state index in [1.54, 1.807) is 0 Å². The van der Waals surface area contributed by atoms with Gasteiger partial charge in [-0.1, -0.05) is 33.1 Å². The molecule has 126 valence electrons. The largest absolute Gasteiger partial charge is 0.372 e. The zero-order valence-electron chi connectivity index (χ0n) is 14.3. The SMILES string of the molecule is C=C(Nc1ccc(C(C)C)s1)C1CCN(C(=C)/C=C/CN)CC1. The van der Waals surface area contributed by atoms with E-state index in [0.29, 0.717) is 18.4 Å². The van der Waals surface area contributed by atoms with Gasteiger partial charge in [0, 0.05) is 41.8 Å². The quantitative estimate of drug-likeness (QED) is 0.721. The lowest BCUT2D eigenvalue weighted by Crippen LogP contribution is -2.33.